The van der Waals surface area contributed by atoms with E-state index in [0.29, 0.717) is 17.7 Å². The van der Waals surface area contributed by atoms with Crippen molar-refractivity contribution in [1.82, 2.24) is 19.5 Å². The third kappa shape index (κ3) is 2.33. The zero-order chi connectivity index (χ0) is 13.1. The molecular formula is C11H11ClN4O2. The fraction of sp³-hybridized carbons (Fsp3) is 0.273. The molecule has 0 fully saturated rings. The fourth-order valence-corrected chi connectivity index (χ4v) is 1.90. The van der Waals surface area contributed by atoms with E-state index in [1.54, 1.807) is 19.2 Å². The summed E-state index contributed by atoms with van der Waals surface area (Å²) in [5.41, 5.74) is 0.0537. The molecule has 0 aliphatic carbocycles. The van der Waals surface area contributed by atoms with Crippen LogP contribution in [-0.2, 0) is 13.0 Å². The standard InChI is InChI=1S/C11H11ClN4O2/c1-2-8-9(12)15-11(18)16(10(8)17)5-7-3-4-13-6-14-7/h3-4,6H,2,5H2,1H3,(H,15,18). The smallest absolute Gasteiger partial charge is 0.297 e. The predicted octanol–water partition coefficient (Wildman–Crippen LogP) is 0.591. The second-order valence-corrected chi connectivity index (χ2v) is 4.05. The molecule has 2 heterocycles. The van der Waals surface area contributed by atoms with Crippen molar-refractivity contribution in [2.24, 2.45) is 0 Å². The molecule has 0 unspecified atom stereocenters. The molecule has 0 bridgehead atoms. The summed E-state index contributed by atoms with van der Waals surface area (Å²) < 4.78 is 1.08. The van der Waals surface area contributed by atoms with Gasteiger partial charge < -0.3 is 0 Å². The van der Waals surface area contributed by atoms with Crippen LogP contribution in [0.3, 0.4) is 0 Å². The summed E-state index contributed by atoms with van der Waals surface area (Å²) in [5, 5.41) is 0.103. The van der Waals surface area contributed by atoms with Gasteiger partial charge in [-0.3, -0.25) is 14.3 Å². The van der Waals surface area contributed by atoms with Gasteiger partial charge in [0.2, 0.25) is 0 Å². The van der Waals surface area contributed by atoms with Gasteiger partial charge in [0.25, 0.3) is 5.56 Å². The van der Waals surface area contributed by atoms with E-state index in [-0.39, 0.29) is 17.3 Å². The van der Waals surface area contributed by atoms with Gasteiger partial charge >= 0.3 is 5.69 Å². The second kappa shape index (κ2) is 5.14. The molecule has 0 radical (unpaired) electrons. The largest absolute Gasteiger partial charge is 0.329 e. The highest BCUT2D eigenvalue weighted by Gasteiger charge is 2.11. The first-order valence-corrected chi connectivity index (χ1v) is 5.77. The van der Waals surface area contributed by atoms with Crippen LogP contribution < -0.4 is 11.2 Å². The van der Waals surface area contributed by atoms with Gasteiger partial charge in [-0.15, -0.1) is 0 Å². The first-order valence-electron chi connectivity index (χ1n) is 5.40. The molecular weight excluding hydrogens is 256 g/mol. The van der Waals surface area contributed by atoms with Crippen LogP contribution in [0.1, 0.15) is 18.2 Å². The number of H-pyrrole nitrogens is 1. The van der Waals surface area contributed by atoms with Gasteiger partial charge in [-0.2, -0.15) is 0 Å². The van der Waals surface area contributed by atoms with Crippen LogP contribution in [0.4, 0.5) is 0 Å². The zero-order valence-corrected chi connectivity index (χ0v) is 10.4. The van der Waals surface area contributed by atoms with E-state index in [9.17, 15) is 9.59 Å². The Kier molecular flexibility index (Phi) is 3.57. The third-order valence-corrected chi connectivity index (χ3v) is 2.87. The molecule has 6 nitrogen and oxygen atoms in total. The van der Waals surface area contributed by atoms with E-state index >= 15 is 0 Å². The summed E-state index contributed by atoms with van der Waals surface area (Å²) in [7, 11) is 0. The van der Waals surface area contributed by atoms with Crippen LogP contribution in [-0.4, -0.2) is 19.5 Å². The molecule has 0 aliphatic heterocycles. The van der Waals surface area contributed by atoms with Gasteiger partial charge in [0, 0.05) is 6.20 Å². The molecule has 18 heavy (non-hydrogen) atoms. The van der Waals surface area contributed by atoms with E-state index in [2.05, 4.69) is 15.0 Å². The van der Waals surface area contributed by atoms with E-state index in [1.807, 2.05) is 0 Å². The van der Waals surface area contributed by atoms with Crippen molar-refractivity contribution in [3.63, 3.8) is 0 Å². The minimum atomic E-state index is -0.541. The van der Waals surface area contributed by atoms with Crippen molar-refractivity contribution in [3.05, 3.63) is 55.8 Å². The molecule has 2 aromatic rings. The molecule has 7 heteroatoms. The lowest BCUT2D eigenvalue weighted by atomic mass is 10.2. The molecule has 1 N–H and O–H groups in total. The lowest BCUT2D eigenvalue weighted by Gasteiger charge is -2.07. The minimum absolute atomic E-state index is 0.0981. The number of nitrogens with zero attached hydrogens (tertiary/aromatic N) is 3. The monoisotopic (exact) mass is 266 g/mol. The van der Waals surface area contributed by atoms with Gasteiger partial charge in [-0.1, -0.05) is 18.5 Å². The number of hydrogen-bond donors (Lipinski definition) is 1. The summed E-state index contributed by atoms with van der Waals surface area (Å²) in [6.07, 6.45) is 3.38. The summed E-state index contributed by atoms with van der Waals surface area (Å²) in [6, 6.07) is 1.64. The molecule has 94 valence electrons. The highest BCUT2D eigenvalue weighted by atomic mass is 35.5. The first-order chi connectivity index (χ1) is 8.63. The zero-order valence-electron chi connectivity index (χ0n) is 9.68. The quantitative estimate of drug-likeness (QED) is 0.825. The highest BCUT2D eigenvalue weighted by Crippen LogP contribution is 2.06. The van der Waals surface area contributed by atoms with E-state index in [0.717, 1.165) is 4.57 Å². The van der Waals surface area contributed by atoms with Crippen LogP contribution in [0.2, 0.25) is 5.15 Å². The summed E-state index contributed by atoms with van der Waals surface area (Å²) in [5.74, 6) is 0. The van der Waals surface area contributed by atoms with Crippen LogP contribution in [0.5, 0.6) is 0 Å². The van der Waals surface area contributed by atoms with Crippen molar-refractivity contribution in [2.45, 2.75) is 19.9 Å². The molecule has 2 aromatic heterocycles. The van der Waals surface area contributed by atoms with Crippen molar-refractivity contribution < 1.29 is 0 Å². The fourth-order valence-electron chi connectivity index (χ4n) is 1.61. The van der Waals surface area contributed by atoms with Crippen molar-refractivity contribution in [1.29, 1.82) is 0 Å². The molecule has 0 atom stereocenters. The highest BCUT2D eigenvalue weighted by molar-refractivity contribution is 6.30. The van der Waals surface area contributed by atoms with E-state index in [1.165, 1.54) is 6.33 Å². The minimum Gasteiger partial charge on any atom is -0.297 e. The summed E-state index contributed by atoms with van der Waals surface area (Å²) in [6.45, 7) is 1.90. The number of rotatable bonds is 3. The average molecular weight is 267 g/mol. The molecule has 2 rings (SSSR count). The maximum atomic E-state index is 12.1. The Bertz CT molecular complexity index is 663. The van der Waals surface area contributed by atoms with Gasteiger partial charge in [-0.05, 0) is 12.5 Å². The second-order valence-electron chi connectivity index (χ2n) is 3.67. The molecule has 0 saturated carbocycles. The van der Waals surface area contributed by atoms with E-state index in [4.69, 9.17) is 11.6 Å². The van der Waals surface area contributed by atoms with Gasteiger partial charge in [0.15, 0.2) is 0 Å². The SMILES string of the molecule is CCc1c(Cl)[nH]c(=O)n(Cc2ccncn2)c1=O. The number of halogens is 1. The normalized spacial score (nSPS) is 10.6. The Morgan fingerprint density at radius 1 is 1.44 bits per heavy atom. The Morgan fingerprint density at radius 3 is 2.83 bits per heavy atom. The van der Waals surface area contributed by atoms with Gasteiger partial charge in [0.1, 0.15) is 11.5 Å². The van der Waals surface area contributed by atoms with Crippen LogP contribution in [0, 0.1) is 0 Å². The third-order valence-electron chi connectivity index (χ3n) is 2.55. The first kappa shape index (κ1) is 12.5. The number of aromatic nitrogens is 4. The Hall–Kier alpha value is -1.95. The molecule has 0 aromatic carbocycles. The predicted molar refractivity (Wildman–Crippen MR) is 66.8 cm³/mol. The van der Waals surface area contributed by atoms with Crippen molar-refractivity contribution in [3.8, 4) is 0 Å². The van der Waals surface area contributed by atoms with Gasteiger partial charge in [-0.25, -0.2) is 14.8 Å². The van der Waals surface area contributed by atoms with Crippen LogP contribution in [0.15, 0.2) is 28.2 Å². The molecule has 0 amide bonds. The molecule has 0 saturated heterocycles. The average Bonchev–Trinajstić information content (AvgIpc) is 2.36. The maximum absolute atomic E-state index is 12.1. The summed E-state index contributed by atoms with van der Waals surface area (Å²) >= 11 is 5.82. The number of hydrogen-bond acceptors (Lipinski definition) is 4. The van der Waals surface area contributed by atoms with Crippen molar-refractivity contribution in [2.75, 3.05) is 0 Å². The van der Waals surface area contributed by atoms with Crippen LogP contribution >= 0.6 is 11.6 Å². The lowest BCUT2D eigenvalue weighted by molar-refractivity contribution is 0.671. The number of aromatic amines is 1. The Balaban J connectivity index is 2.52. The summed E-state index contributed by atoms with van der Waals surface area (Å²) in [4.78, 5) is 34.0. The van der Waals surface area contributed by atoms with Gasteiger partial charge in [0.05, 0.1) is 17.8 Å². The van der Waals surface area contributed by atoms with Crippen molar-refractivity contribution >= 4 is 11.6 Å². The van der Waals surface area contributed by atoms with E-state index < -0.39 is 5.69 Å². The van der Waals surface area contributed by atoms with Crippen LogP contribution in [0.25, 0.3) is 0 Å². The topological polar surface area (TPSA) is 80.6 Å². The molecule has 0 spiro atoms. The lowest BCUT2D eigenvalue weighted by Crippen LogP contribution is -2.37. The Labute approximate surface area is 107 Å². The number of nitrogens with one attached hydrogen (secondary N) is 1. The molecule has 0 aliphatic rings. The maximum Gasteiger partial charge on any atom is 0.329 e. The Morgan fingerprint density at radius 2 is 2.22 bits per heavy atom.